The number of rotatable bonds is 4. The largest absolute Gasteiger partial charge is 0.489 e. The van der Waals surface area contributed by atoms with Gasteiger partial charge in [-0.2, -0.15) is 0 Å². The van der Waals surface area contributed by atoms with Gasteiger partial charge in [-0.05, 0) is 44.0 Å². The second-order valence-electron chi connectivity index (χ2n) is 7.39. The van der Waals surface area contributed by atoms with Gasteiger partial charge in [-0.15, -0.1) is 0 Å². The van der Waals surface area contributed by atoms with E-state index < -0.39 is 0 Å². The number of anilines is 1. The Kier molecular flexibility index (Phi) is 5.23. The average Bonchev–Trinajstić information content (AvgIpc) is 3.15. The van der Waals surface area contributed by atoms with E-state index in [-0.39, 0.29) is 12.0 Å². The molecule has 0 bridgehead atoms. The van der Waals surface area contributed by atoms with E-state index in [1.165, 1.54) is 12.8 Å². The maximum atomic E-state index is 12.8. The highest BCUT2D eigenvalue weighted by atomic mass is 16.5. The van der Waals surface area contributed by atoms with Crippen LogP contribution in [0.15, 0.2) is 42.9 Å². The standard InChI is InChI=1S/C21H26N4O2/c1-16-4-3-11-25(16)20-7-6-17(14-23-20)21(26)24-12-8-18(9-13-24)27-19-5-2-10-22-15-19/h2,5-7,10,14-16,18H,3-4,8-9,11-13H2,1H3/t16-/m1/s1. The molecule has 2 fully saturated rings. The molecular weight excluding hydrogens is 340 g/mol. The number of hydrogen-bond donors (Lipinski definition) is 0. The fourth-order valence-electron chi connectivity index (χ4n) is 3.92. The number of carbonyl (C=O) groups excluding carboxylic acids is 1. The lowest BCUT2D eigenvalue weighted by atomic mass is 10.1. The first kappa shape index (κ1) is 17.8. The molecule has 2 saturated heterocycles. The molecule has 1 amide bonds. The molecule has 0 aliphatic carbocycles. The van der Waals surface area contributed by atoms with Crippen molar-refractivity contribution >= 4 is 11.7 Å². The van der Waals surface area contributed by atoms with Gasteiger partial charge in [0.15, 0.2) is 0 Å². The lowest BCUT2D eigenvalue weighted by molar-refractivity contribution is 0.0594. The molecule has 2 aromatic heterocycles. The molecule has 0 spiro atoms. The molecule has 2 aromatic rings. The maximum absolute atomic E-state index is 12.8. The first-order chi connectivity index (χ1) is 13.2. The van der Waals surface area contributed by atoms with E-state index in [1.807, 2.05) is 29.2 Å². The van der Waals surface area contributed by atoms with Crippen molar-refractivity contribution in [1.29, 1.82) is 0 Å². The Balaban J connectivity index is 1.32. The number of ether oxygens (including phenoxy) is 1. The van der Waals surface area contributed by atoms with Gasteiger partial charge in [0, 0.05) is 50.9 Å². The highest BCUT2D eigenvalue weighted by molar-refractivity contribution is 5.94. The van der Waals surface area contributed by atoms with Crippen molar-refractivity contribution in [2.75, 3.05) is 24.5 Å². The van der Waals surface area contributed by atoms with Crippen LogP contribution in [0.5, 0.6) is 5.75 Å². The zero-order chi connectivity index (χ0) is 18.6. The molecule has 1 atom stereocenters. The lowest BCUT2D eigenvalue weighted by Crippen LogP contribution is -2.41. The molecule has 0 N–H and O–H groups in total. The summed E-state index contributed by atoms with van der Waals surface area (Å²) in [6.45, 7) is 4.68. The fraction of sp³-hybridized carbons (Fsp3) is 0.476. The van der Waals surface area contributed by atoms with E-state index >= 15 is 0 Å². The van der Waals surface area contributed by atoms with Crippen LogP contribution in [0.3, 0.4) is 0 Å². The van der Waals surface area contributed by atoms with Gasteiger partial charge in [0.2, 0.25) is 0 Å². The first-order valence-electron chi connectivity index (χ1n) is 9.79. The third-order valence-electron chi connectivity index (χ3n) is 5.51. The van der Waals surface area contributed by atoms with Crippen molar-refractivity contribution in [2.45, 2.75) is 44.8 Å². The smallest absolute Gasteiger partial charge is 0.255 e. The van der Waals surface area contributed by atoms with Crippen LogP contribution in [-0.4, -0.2) is 52.6 Å². The quantitative estimate of drug-likeness (QED) is 0.832. The van der Waals surface area contributed by atoms with Crippen LogP contribution >= 0.6 is 0 Å². The Morgan fingerprint density at radius 2 is 1.96 bits per heavy atom. The molecule has 0 radical (unpaired) electrons. The summed E-state index contributed by atoms with van der Waals surface area (Å²) in [6, 6.07) is 8.20. The summed E-state index contributed by atoms with van der Waals surface area (Å²) in [5, 5.41) is 0. The summed E-state index contributed by atoms with van der Waals surface area (Å²) < 4.78 is 5.95. The second kappa shape index (κ2) is 7.94. The average molecular weight is 366 g/mol. The maximum Gasteiger partial charge on any atom is 0.255 e. The minimum Gasteiger partial charge on any atom is -0.489 e. The zero-order valence-corrected chi connectivity index (χ0v) is 15.8. The minimum absolute atomic E-state index is 0.0587. The van der Waals surface area contributed by atoms with Gasteiger partial charge in [-0.25, -0.2) is 4.98 Å². The number of nitrogens with zero attached hydrogens (tertiary/aromatic N) is 4. The predicted octanol–water partition coefficient (Wildman–Crippen LogP) is 3.15. The molecule has 27 heavy (non-hydrogen) atoms. The lowest BCUT2D eigenvalue weighted by Gasteiger charge is -2.32. The summed E-state index contributed by atoms with van der Waals surface area (Å²) in [5.74, 6) is 1.82. The molecule has 0 unspecified atom stereocenters. The van der Waals surface area contributed by atoms with Crippen LogP contribution in [0.4, 0.5) is 5.82 Å². The van der Waals surface area contributed by atoms with Crippen LogP contribution in [0, 0.1) is 0 Å². The molecule has 6 nitrogen and oxygen atoms in total. The fourth-order valence-corrected chi connectivity index (χ4v) is 3.92. The van der Waals surface area contributed by atoms with Crippen molar-refractivity contribution in [1.82, 2.24) is 14.9 Å². The third-order valence-corrected chi connectivity index (χ3v) is 5.51. The van der Waals surface area contributed by atoms with Crippen LogP contribution in [-0.2, 0) is 0 Å². The topological polar surface area (TPSA) is 58.6 Å². The Bertz CT molecular complexity index is 758. The number of hydrogen-bond acceptors (Lipinski definition) is 5. The molecule has 4 rings (SSSR count). The molecule has 2 aliphatic rings. The van der Waals surface area contributed by atoms with Crippen molar-refractivity contribution in [3.05, 3.63) is 48.4 Å². The van der Waals surface area contributed by atoms with Gasteiger partial charge in [-0.1, -0.05) is 0 Å². The van der Waals surface area contributed by atoms with Gasteiger partial charge in [-0.3, -0.25) is 9.78 Å². The minimum atomic E-state index is 0.0587. The van der Waals surface area contributed by atoms with E-state index in [9.17, 15) is 4.79 Å². The number of aromatic nitrogens is 2. The van der Waals surface area contributed by atoms with Crippen molar-refractivity contribution < 1.29 is 9.53 Å². The third kappa shape index (κ3) is 4.04. The van der Waals surface area contributed by atoms with Gasteiger partial charge < -0.3 is 14.5 Å². The van der Waals surface area contributed by atoms with Crippen LogP contribution in [0.1, 0.15) is 43.0 Å². The van der Waals surface area contributed by atoms with Crippen molar-refractivity contribution in [3.63, 3.8) is 0 Å². The van der Waals surface area contributed by atoms with Crippen molar-refractivity contribution in [2.24, 2.45) is 0 Å². The summed E-state index contributed by atoms with van der Waals surface area (Å²) in [6.07, 6.45) is 9.40. The van der Waals surface area contributed by atoms with Crippen molar-refractivity contribution in [3.8, 4) is 5.75 Å². The predicted molar refractivity (Wildman–Crippen MR) is 104 cm³/mol. The van der Waals surface area contributed by atoms with E-state index in [0.29, 0.717) is 24.7 Å². The molecule has 6 heteroatoms. The molecule has 142 valence electrons. The van der Waals surface area contributed by atoms with E-state index in [4.69, 9.17) is 4.74 Å². The van der Waals surface area contributed by atoms with Crippen LogP contribution < -0.4 is 9.64 Å². The molecule has 0 saturated carbocycles. The number of amides is 1. The number of pyridine rings is 2. The summed E-state index contributed by atoms with van der Waals surface area (Å²) >= 11 is 0. The molecular formula is C21H26N4O2. The molecule has 4 heterocycles. The van der Waals surface area contributed by atoms with Crippen LogP contribution in [0.25, 0.3) is 0 Å². The Morgan fingerprint density at radius 3 is 2.59 bits per heavy atom. The summed E-state index contributed by atoms with van der Waals surface area (Å²) in [7, 11) is 0. The summed E-state index contributed by atoms with van der Waals surface area (Å²) in [4.78, 5) is 25.6. The van der Waals surface area contributed by atoms with E-state index in [0.717, 1.165) is 31.0 Å². The normalized spacial score (nSPS) is 20.7. The monoisotopic (exact) mass is 366 g/mol. The molecule has 2 aliphatic heterocycles. The zero-order valence-electron chi connectivity index (χ0n) is 15.8. The van der Waals surface area contributed by atoms with E-state index in [1.54, 1.807) is 18.6 Å². The first-order valence-corrected chi connectivity index (χ1v) is 9.79. The van der Waals surface area contributed by atoms with Gasteiger partial charge in [0.1, 0.15) is 17.7 Å². The summed E-state index contributed by atoms with van der Waals surface area (Å²) in [5.41, 5.74) is 0.664. The highest BCUT2D eigenvalue weighted by Crippen LogP contribution is 2.24. The SMILES string of the molecule is C[C@@H]1CCCN1c1ccc(C(=O)N2CCC(Oc3cccnc3)CC2)cn1. The number of piperidine rings is 1. The molecule has 0 aromatic carbocycles. The highest BCUT2D eigenvalue weighted by Gasteiger charge is 2.26. The van der Waals surface area contributed by atoms with E-state index in [2.05, 4.69) is 21.8 Å². The Morgan fingerprint density at radius 1 is 1.11 bits per heavy atom. The Labute approximate surface area is 160 Å². The van der Waals surface area contributed by atoms with Gasteiger partial charge >= 0.3 is 0 Å². The number of likely N-dealkylation sites (tertiary alicyclic amines) is 1. The Hall–Kier alpha value is -2.63. The second-order valence-corrected chi connectivity index (χ2v) is 7.39. The van der Waals surface area contributed by atoms with Gasteiger partial charge in [0.25, 0.3) is 5.91 Å². The number of carbonyl (C=O) groups is 1. The van der Waals surface area contributed by atoms with Crippen LogP contribution in [0.2, 0.25) is 0 Å². The van der Waals surface area contributed by atoms with Gasteiger partial charge in [0.05, 0.1) is 11.8 Å².